The van der Waals surface area contributed by atoms with Crippen molar-refractivity contribution in [2.45, 2.75) is 6.92 Å². The fourth-order valence-electron chi connectivity index (χ4n) is 1.74. The highest BCUT2D eigenvalue weighted by molar-refractivity contribution is 7.15. The van der Waals surface area contributed by atoms with Crippen molar-refractivity contribution in [3.05, 3.63) is 40.4 Å². The first-order valence-electron chi connectivity index (χ1n) is 5.36. The van der Waals surface area contributed by atoms with E-state index in [2.05, 4.69) is 9.97 Å². The van der Waals surface area contributed by atoms with Crippen molar-refractivity contribution in [3.8, 4) is 16.5 Å². The normalized spacial score (nSPS) is 11.0. The fourth-order valence-corrected chi connectivity index (χ4v) is 2.78. The molecule has 90 valence electrons. The summed E-state index contributed by atoms with van der Waals surface area (Å²) in [6.45, 7) is 2.04. The molecule has 0 aliphatic heterocycles. The summed E-state index contributed by atoms with van der Waals surface area (Å²) < 4.78 is 0. The molecule has 2 aromatic heterocycles. The Balaban J connectivity index is 2.24. The van der Waals surface area contributed by atoms with Crippen LogP contribution in [-0.4, -0.2) is 15.1 Å². The zero-order chi connectivity index (χ0) is 12.7. The maximum Gasteiger partial charge on any atom is 0.171 e. The molecule has 0 saturated carbocycles. The summed E-state index contributed by atoms with van der Waals surface area (Å²) >= 11 is 7.76. The molecule has 3 nitrogen and oxygen atoms in total. The summed E-state index contributed by atoms with van der Waals surface area (Å²) in [7, 11) is 0. The van der Waals surface area contributed by atoms with Gasteiger partial charge in [-0.3, -0.25) is 0 Å². The van der Waals surface area contributed by atoms with Crippen LogP contribution < -0.4 is 0 Å². The highest BCUT2D eigenvalue weighted by Crippen LogP contribution is 2.30. The Morgan fingerprint density at radius 2 is 2.00 bits per heavy atom. The molecule has 0 aliphatic rings. The maximum absolute atomic E-state index is 9.43. The molecule has 18 heavy (non-hydrogen) atoms. The number of halogens is 1. The molecule has 5 heteroatoms. The largest absolute Gasteiger partial charge is 0.508 e. The molecule has 3 aromatic rings. The molecule has 0 bridgehead atoms. The van der Waals surface area contributed by atoms with Crippen LogP contribution >= 0.6 is 22.9 Å². The monoisotopic (exact) mass is 276 g/mol. The van der Waals surface area contributed by atoms with E-state index in [-0.39, 0.29) is 5.75 Å². The van der Waals surface area contributed by atoms with E-state index in [4.69, 9.17) is 11.6 Å². The predicted octanol–water partition coefficient (Wildman–Crippen LogP) is 4.03. The number of thiophene rings is 1. The molecular weight excluding hydrogens is 268 g/mol. The van der Waals surface area contributed by atoms with Gasteiger partial charge in [0.2, 0.25) is 0 Å². The number of benzene rings is 1. The van der Waals surface area contributed by atoms with Gasteiger partial charge in [0.05, 0.1) is 10.4 Å². The molecule has 0 fully saturated rings. The van der Waals surface area contributed by atoms with Crippen LogP contribution in [-0.2, 0) is 0 Å². The maximum atomic E-state index is 9.43. The van der Waals surface area contributed by atoms with E-state index in [9.17, 15) is 5.11 Å². The third-order valence-corrected chi connectivity index (χ3v) is 3.88. The van der Waals surface area contributed by atoms with Crippen molar-refractivity contribution in [3.63, 3.8) is 0 Å². The number of aryl methyl sites for hydroxylation is 1. The van der Waals surface area contributed by atoms with E-state index >= 15 is 0 Å². The molecule has 3 rings (SSSR count). The first kappa shape index (κ1) is 11.4. The molecule has 1 N–H and O–H groups in total. The molecule has 0 spiro atoms. The Hall–Kier alpha value is -1.65. The van der Waals surface area contributed by atoms with Gasteiger partial charge in [-0.25, -0.2) is 9.97 Å². The van der Waals surface area contributed by atoms with Crippen LogP contribution in [0, 0.1) is 6.92 Å². The van der Waals surface area contributed by atoms with Crippen molar-refractivity contribution in [1.82, 2.24) is 9.97 Å². The lowest BCUT2D eigenvalue weighted by Crippen LogP contribution is -1.89. The van der Waals surface area contributed by atoms with Crippen molar-refractivity contribution >= 4 is 33.8 Å². The van der Waals surface area contributed by atoms with Gasteiger partial charge in [-0.1, -0.05) is 11.6 Å². The Morgan fingerprint density at radius 1 is 1.17 bits per heavy atom. The minimum atomic E-state index is 0.160. The lowest BCUT2D eigenvalue weighted by molar-refractivity contribution is 0.476. The van der Waals surface area contributed by atoms with E-state index in [1.54, 1.807) is 29.5 Å². The quantitative estimate of drug-likeness (QED) is 0.683. The zero-order valence-electron chi connectivity index (χ0n) is 9.51. The van der Waals surface area contributed by atoms with Crippen molar-refractivity contribution in [2.75, 3.05) is 0 Å². The Bertz CT molecular complexity index is 739. The van der Waals surface area contributed by atoms with Gasteiger partial charge in [0.25, 0.3) is 0 Å². The minimum absolute atomic E-state index is 0.160. The van der Waals surface area contributed by atoms with Gasteiger partial charge in [0.15, 0.2) is 5.82 Å². The molecule has 0 saturated heterocycles. The topological polar surface area (TPSA) is 46.0 Å². The number of hydrogen-bond acceptors (Lipinski definition) is 4. The minimum Gasteiger partial charge on any atom is -0.508 e. The van der Waals surface area contributed by atoms with Crippen molar-refractivity contribution in [2.24, 2.45) is 0 Å². The van der Waals surface area contributed by atoms with Gasteiger partial charge in [-0.15, -0.1) is 11.3 Å². The van der Waals surface area contributed by atoms with Gasteiger partial charge in [0.1, 0.15) is 10.9 Å². The third-order valence-electron chi connectivity index (χ3n) is 2.59. The second kappa shape index (κ2) is 4.23. The number of aromatic nitrogens is 2. The van der Waals surface area contributed by atoms with Crippen LogP contribution in [0.3, 0.4) is 0 Å². The second-order valence-corrected chi connectivity index (χ2v) is 5.60. The van der Waals surface area contributed by atoms with Gasteiger partial charge in [-0.2, -0.15) is 0 Å². The predicted molar refractivity (Wildman–Crippen MR) is 74.3 cm³/mol. The van der Waals surface area contributed by atoms with Crippen LogP contribution in [0.4, 0.5) is 0 Å². The Labute approximate surface area is 113 Å². The van der Waals surface area contributed by atoms with Crippen LogP contribution in [0.5, 0.6) is 5.75 Å². The Morgan fingerprint density at radius 3 is 2.72 bits per heavy atom. The summed E-state index contributed by atoms with van der Waals surface area (Å²) in [5, 5.41) is 10.5. The van der Waals surface area contributed by atoms with Crippen LogP contribution in [0.1, 0.15) is 4.88 Å². The number of phenolic OH excluding ortho intramolecular Hbond substituents is 1. The van der Waals surface area contributed by atoms with Crippen LogP contribution in [0.15, 0.2) is 30.3 Å². The highest BCUT2D eigenvalue weighted by atomic mass is 35.5. The Kier molecular flexibility index (Phi) is 2.69. The van der Waals surface area contributed by atoms with E-state index in [0.717, 1.165) is 10.4 Å². The lowest BCUT2D eigenvalue weighted by atomic mass is 10.2. The standard InChI is InChI=1S/C13H9ClN2OS/c1-7-2-5-11(18-7)13-15-10-4-3-8(17)6-9(10)12(14)16-13/h2-6,17H,1H3. The first-order valence-corrected chi connectivity index (χ1v) is 6.56. The number of fused-ring (bicyclic) bond motifs is 1. The van der Waals surface area contributed by atoms with Gasteiger partial charge in [0, 0.05) is 10.3 Å². The summed E-state index contributed by atoms with van der Waals surface area (Å²) in [4.78, 5) is 10.9. The molecule has 0 radical (unpaired) electrons. The van der Waals surface area contributed by atoms with Crippen LogP contribution in [0.25, 0.3) is 21.6 Å². The summed E-state index contributed by atoms with van der Waals surface area (Å²) in [5.41, 5.74) is 0.730. The number of nitrogens with zero attached hydrogens (tertiary/aromatic N) is 2. The molecule has 0 aliphatic carbocycles. The fraction of sp³-hybridized carbons (Fsp3) is 0.0769. The average Bonchev–Trinajstić information content (AvgIpc) is 2.77. The van der Waals surface area contributed by atoms with E-state index < -0.39 is 0 Å². The summed E-state index contributed by atoms with van der Waals surface area (Å²) in [6, 6.07) is 8.91. The molecule has 0 atom stereocenters. The molecule has 0 unspecified atom stereocenters. The number of hydrogen-bond donors (Lipinski definition) is 1. The second-order valence-electron chi connectivity index (χ2n) is 3.95. The molecule has 2 heterocycles. The van der Waals surface area contributed by atoms with Gasteiger partial charge < -0.3 is 5.11 Å². The van der Waals surface area contributed by atoms with Gasteiger partial charge >= 0.3 is 0 Å². The van der Waals surface area contributed by atoms with E-state index in [1.165, 1.54) is 4.88 Å². The summed E-state index contributed by atoms with van der Waals surface area (Å²) in [6.07, 6.45) is 0. The zero-order valence-corrected chi connectivity index (χ0v) is 11.1. The average molecular weight is 277 g/mol. The van der Waals surface area contributed by atoms with E-state index in [1.807, 2.05) is 19.1 Å². The summed E-state index contributed by atoms with van der Waals surface area (Å²) in [5.74, 6) is 0.781. The first-order chi connectivity index (χ1) is 8.63. The SMILES string of the molecule is Cc1ccc(-c2nc(Cl)c3cc(O)ccc3n2)s1. The number of rotatable bonds is 1. The van der Waals surface area contributed by atoms with Crippen molar-refractivity contribution < 1.29 is 5.11 Å². The lowest BCUT2D eigenvalue weighted by Gasteiger charge is -2.03. The number of aromatic hydroxyl groups is 1. The number of phenols is 1. The molecule has 0 amide bonds. The van der Waals surface area contributed by atoms with Crippen molar-refractivity contribution in [1.29, 1.82) is 0 Å². The van der Waals surface area contributed by atoms with E-state index in [0.29, 0.717) is 16.4 Å². The third kappa shape index (κ3) is 1.94. The van der Waals surface area contributed by atoms with Gasteiger partial charge in [-0.05, 0) is 37.3 Å². The van der Waals surface area contributed by atoms with Crippen LogP contribution in [0.2, 0.25) is 5.15 Å². The molecule has 1 aromatic carbocycles. The smallest absolute Gasteiger partial charge is 0.171 e. The highest BCUT2D eigenvalue weighted by Gasteiger charge is 2.09. The molecular formula is C13H9ClN2OS.